The first-order valence-electron chi connectivity index (χ1n) is 6.38. The number of benzene rings is 1. The maximum atomic E-state index is 6.19. The van der Waals surface area contributed by atoms with Gasteiger partial charge in [0.15, 0.2) is 0 Å². The Kier molecular flexibility index (Phi) is 3.78. The summed E-state index contributed by atoms with van der Waals surface area (Å²) in [6, 6.07) is 5.67. The van der Waals surface area contributed by atoms with Gasteiger partial charge in [0.2, 0.25) is 0 Å². The van der Waals surface area contributed by atoms with E-state index in [1.807, 2.05) is 24.7 Å². The van der Waals surface area contributed by atoms with E-state index in [-0.39, 0.29) is 0 Å². The Balaban J connectivity index is 1.70. The van der Waals surface area contributed by atoms with Crippen LogP contribution in [0.15, 0.2) is 30.7 Å². The summed E-state index contributed by atoms with van der Waals surface area (Å²) in [5.74, 6) is 0.600. The van der Waals surface area contributed by atoms with Crippen molar-refractivity contribution < 1.29 is 0 Å². The largest absolute Gasteiger partial charge is 0.334 e. The lowest BCUT2D eigenvalue weighted by Gasteiger charge is -2.27. The van der Waals surface area contributed by atoms with E-state index in [4.69, 9.17) is 23.2 Å². The summed E-state index contributed by atoms with van der Waals surface area (Å²) >= 11 is 12.1. The molecule has 0 bridgehead atoms. The van der Waals surface area contributed by atoms with E-state index in [1.165, 1.54) is 5.69 Å². The lowest BCUT2D eigenvalue weighted by atomic mass is 10.00. The van der Waals surface area contributed by atoms with E-state index in [9.17, 15) is 0 Å². The van der Waals surface area contributed by atoms with Gasteiger partial charge in [0.25, 0.3) is 0 Å². The number of nitrogens with zero attached hydrogens (tertiary/aromatic N) is 2. The van der Waals surface area contributed by atoms with Gasteiger partial charge < -0.3 is 9.88 Å². The van der Waals surface area contributed by atoms with Gasteiger partial charge in [-0.2, -0.15) is 0 Å². The average Bonchev–Trinajstić information content (AvgIpc) is 2.74. The molecule has 2 aromatic rings. The molecule has 1 aromatic heterocycles. The minimum atomic E-state index is 0.600. The third-order valence-corrected chi connectivity index (χ3v) is 4.17. The summed E-state index contributed by atoms with van der Waals surface area (Å²) < 4.78 is 2.22. The molecule has 100 valence electrons. The third kappa shape index (κ3) is 2.78. The molecular weight excluding hydrogens is 281 g/mol. The monoisotopic (exact) mass is 295 g/mol. The van der Waals surface area contributed by atoms with Crippen LogP contribution >= 0.6 is 23.2 Å². The molecule has 0 radical (unpaired) electrons. The van der Waals surface area contributed by atoms with Crippen LogP contribution in [0, 0.1) is 0 Å². The smallest absolute Gasteiger partial charge is 0.0948 e. The third-order valence-electron chi connectivity index (χ3n) is 3.58. The Labute approximate surface area is 122 Å². The highest BCUT2D eigenvalue weighted by Gasteiger charge is 2.22. The van der Waals surface area contributed by atoms with Crippen molar-refractivity contribution in [3.05, 3.63) is 52.0 Å². The summed E-state index contributed by atoms with van der Waals surface area (Å²) in [6.07, 6.45) is 4.76. The number of nitrogens with one attached hydrogen (secondary N) is 1. The summed E-state index contributed by atoms with van der Waals surface area (Å²) in [4.78, 5) is 4.25. The molecule has 3 nitrogen and oxygen atoms in total. The molecule has 5 heteroatoms. The molecule has 1 N–H and O–H groups in total. The molecule has 1 fully saturated rings. The van der Waals surface area contributed by atoms with Crippen LogP contribution in [0.3, 0.4) is 0 Å². The Morgan fingerprint density at radius 2 is 2.16 bits per heavy atom. The number of hydrogen-bond donors (Lipinski definition) is 1. The minimum Gasteiger partial charge on any atom is -0.334 e. The first kappa shape index (κ1) is 13.0. The molecular formula is C14H15Cl2N3. The number of aryl methyl sites for hydroxylation is 2. The first-order chi connectivity index (χ1) is 9.24. The molecule has 0 atom stereocenters. The number of rotatable bonds is 4. The van der Waals surface area contributed by atoms with Crippen LogP contribution in [-0.2, 0) is 13.0 Å². The number of halogens is 2. The van der Waals surface area contributed by atoms with E-state index in [1.54, 1.807) is 6.07 Å². The molecule has 1 aliphatic heterocycles. The molecule has 0 saturated carbocycles. The van der Waals surface area contributed by atoms with Gasteiger partial charge in [-0.25, -0.2) is 4.98 Å². The molecule has 0 unspecified atom stereocenters. The van der Waals surface area contributed by atoms with Crippen molar-refractivity contribution in [1.82, 2.24) is 14.9 Å². The van der Waals surface area contributed by atoms with E-state index in [0.29, 0.717) is 10.9 Å². The highest BCUT2D eigenvalue weighted by Crippen LogP contribution is 2.23. The Bertz CT molecular complexity index is 576. The van der Waals surface area contributed by atoms with Crippen molar-refractivity contribution in [3.8, 4) is 0 Å². The second-order valence-electron chi connectivity index (χ2n) is 4.85. The lowest BCUT2D eigenvalue weighted by Crippen LogP contribution is -2.40. The number of aromatic nitrogens is 2. The van der Waals surface area contributed by atoms with Gasteiger partial charge in [-0.15, -0.1) is 0 Å². The van der Waals surface area contributed by atoms with Crippen molar-refractivity contribution in [1.29, 1.82) is 0 Å². The lowest BCUT2D eigenvalue weighted by molar-refractivity contribution is 0.423. The molecule has 1 saturated heterocycles. The SMILES string of the molecule is Clc1ccc(CCn2cncc2C2CNC2)c(Cl)c1. The fraction of sp³-hybridized carbons (Fsp3) is 0.357. The fourth-order valence-corrected chi connectivity index (χ4v) is 2.82. The Morgan fingerprint density at radius 1 is 1.32 bits per heavy atom. The van der Waals surface area contributed by atoms with Crippen LogP contribution in [0.4, 0.5) is 0 Å². The van der Waals surface area contributed by atoms with Gasteiger partial charge in [0, 0.05) is 47.5 Å². The van der Waals surface area contributed by atoms with Crippen LogP contribution in [0.1, 0.15) is 17.2 Å². The number of imidazole rings is 1. The van der Waals surface area contributed by atoms with Crippen molar-refractivity contribution in [2.75, 3.05) is 13.1 Å². The quantitative estimate of drug-likeness (QED) is 0.939. The zero-order chi connectivity index (χ0) is 13.2. The van der Waals surface area contributed by atoms with Crippen molar-refractivity contribution in [3.63, 3.8) is 0 Å². The zero-order valence-corrected chi connectivity index (χ0v) is 12.0. The van der Waals surface area contributed by atoms with Gasteiger partial charge in [0.05, 0.1) is 6.33 Å². The fourth-order valence-electron chi connectivity index (χ4n) is 2.32. The standard InChI is InChI=1S/C14H15Cl2N3/c15-12-2-1-10(13(16)5-12)3-4-19-9-18-8-14(19)11-6-17-7-11/h1-2,5,8-9,11,17H,3-4,6-7H2. The van der Waals surface area contributed by atoms with Crippen LogP contribution in [0.25, 0.3) is 0 Å². The summed E-state index contributed by atoms with van der Waals surface area (Å²) in [7, 11) is 0. The van der Waals surface area contributed by atoms with E-state index >= 15 is 0 Å². The molecule has 0 amide bonds. The minimum absolute atomic E-state index is 0.600. The van der Waals surface area contributed by atoms with Crippen LogP contribution in [0.2, 0.25) is 10.0 Å². The summed E-state index contributed by atoms with van der Waals surface area (Å²) in [6.45, 7) is 2.99. The molecule has 1 aliphatic rings. The van der Waals surface area contributed by atoms with Gasteiger partial charge in [-0.1, -0.05) is 29.3 Å². The highest BCUT2D eigenvalue weighted by atomic mass is 35.5. The van der Waals surface area contributed by atoms with Gasteiger partial charge in [-0.05, 0) is 24.1 Å². The Hall–Kier alpha value is -1.03. The van der Waals surface area contributed by atoms with Crippen molar-refractivity contribution in [2.24, 2.45) is 0 Å². The second kappa shape index (κ2) is 5.53. The summed E-state index contributed by atoms with van der Waals surface area (Å²) in [5.41, 5.74) is 2.43. The van der Waals surface area contributed by atoms with Crippen LogP contribution < -0.4 is 5.32 Å². The topological polar surface area (TPSA) is 29.9 Å². The Morgan fingerprint density at radius 3 is 2.84 bits per heavy atom. The normalized spacial score (nSPS) is 15.5. The molecule has 1 aromatic carbocycles. The average molecular weight is 296 g/mol. The van der Waals surface area contributed by atoms with Gasteiger partial charge >= 0.3 is 0 Å². The first-order valence-corrected chi connectivity index (χ1v) is 7.14. The van der Waals surface area contributed by atoms with E-state index < -0.39 is 0 Å². The van der Waals surface area contributed by atoms with Crippen LogP contribution in [-0.4, -0.2) is 22.6 Å². The van der Waals surface area contributed by atoms with E-state index in [0.717, 1.165) is 36.6 Å². The van der Waals surface area contributed by atoms with Crippen molar-refractivity contribution >= 4 is 23.2 Å². The van der Waals surface area contributed by atoms with Gasteiger partial charge in [-0.3, -0.25) is 0 Å². The van der Waals surface area contributed by atoms with Crippen LogP contribution in [0.5, 0.6) is 0 Å². The highest BCUT2D eigenvalue weighted by molar-refractivity contribution is 6.35. The maximum Gasteiger partial charge on any atom is 0.0948 e. The molecule has 0 aliphatic carbocycles. The predicted molar refractivity (Wildman–Crippen MR) is 78.0 cm³/mol. The maximum absolute atomic E-state index is 6.19. The zero-order valence-electron chi connectivity index (χ0n) is 10.4. The molecule has 0 spiro atoms. The molecule has 3 rings (SSSR count). The molecule has 2 heterocycles. The number of hydrogen-bond acceptors (Lipinski definition) is 2. The molecule has 19 heavy (non-hydrogen) atoms. The second-order valence-corrected chi connectivity index (χ2v) is 5.70. The summed E-state index contributed by atoms with van der Waals surface area (Å²) in [5, 5.41) is 4.70. The van der Waals surface area contributed by atoms with E-state index in [2.05, 4.69) is 14.9 Å². The van der Waals surface area contributed by atoms with Crippen molar-refractivity contribution in [2.45, 2.75) is 18.9 Å². The predicted octanol–water partition coefficient (Wildman–Crippen LogP) is 3.12. The van der Waals surface area contributed by atoms with Gasteiger partial charge in [0.1, 0.15) is 0 Å².